The highest BCUT2D eigenvalue weighted by molar-refractivity contribution is 7.80. The van der Waals surface area contributed by atoms with E-state index in [2.05, 4.69) is 30.6 Å². The molecular weight excluding hydrogens is 232 g/mol. The highest BCUT2D eigenvalue weighted by atomic mass is 32.1. The summed E-state index contributed by atoms with van der Waals surface area (Å²) in [5.74, 6) is 0.715. The van der Waals surface area contributed by atoms with Crippen LogP contribution in [-0.2, 0) is 9.59 Å². The number of carbonyl (C=O) groups is 2. The van der Waals surface area contributed by atoms with Crippen molar-refractivity contribution in [3.8, 4) is 0 Å². The Balaban J connectivity index is 4.09. The fraction of sp³-hybridized carbons (Fsp3) is 0.778. The van der Waals surface area contributed by atoms with Gasteiger partial charge in [0.25, 0.3) is 0 Å². The Bertz CT molecular complexity index is 222. The molecule has 0 rings (SSSR count). The Morgan fingerprint density at radius 3 is 2.33 bits per heavy atom. The fourth-order valence-corrected chi connectivity index (χ4v) is 1.41. The van der Waals surface area contributed by atoms with Crippen molar-refractivity contribution in [1.82, 2.24) is 10.2 Å². The summed E-state index contributed by atoms with van der Waals surface area (Å²) >= 11 is 8.05. The number of likely N-dealkylation sites (N-methyl/N-ethyl adjacent to an activating group) is 1. The number of rotatable bonds is 6. The SMILES string of the molecule is CN(C)C(=O)C(CS)NC(=O)CCCS. The quantitative estimate of drug-likeness (QED) is 0.590. The van der Waals surface area contributed by atoms with Crippen LogP contribution >= 0.6 is 25.3 Å². The van der Waals surface area contributed by atoms with Crippen LogP contribution in [0.2, 0.25) is 0 Å². The van der Waals surface area contributed by atoms with Gasteiger partial charge in [-0.25, -0.2) is 0 Å². The van der Waals surface area contributed by atoms with Crippen molar-refractivity contribution >= 4 is 37.1 Å². The molecule has 1 N–H and O–H groups in total. The lowest BCUT2D eigenvalue weighted by Gasteiger charge is -2.19. The minimum absolute atomic E-state index is 0.127. The van der Waals surface area contributed by atoms with Gasteiger partial charge in [0.1, 0.15) is 6.04 Å². The standard InChI is InChI=1S/C9H18N2O2S2/c1-11(2)9(13)7(6-15)10-8(12)4-3-5-14/h7,14-15H,3-6H2,1-2H3,(H,10,12). The second-order valence-electron chi connectivity index (χ2n) is 3.36. The summed E-state index contributed by atoms with van der Waals surface area (Å²) in [6, 6.07) is -0.532. The van der Waals surface area contributed by atoms with Crippen LogP contribution in [-0.4, -0.2) is 48.4 Å². The van der Waals surface area contributed by atoms with E-state index in [1.165, 1.54) is 4.90 Å². The summed E-state index contributed by atoms with van der Waals surface area (Å²) in [7, 11) is 3.30. The summed E-state index contributed by atoms with van der Waals surface area (Å²) in [5, 5.41) is 2.64. The van der Waals surface area contributed by atoms with Gasteiger partial charge in [-0.3, -0.25) is 9.59 Å². The minimum atomic E-state index is -0.532. The van der Waals surface area contributed by atoms with E-state index in [1.807, 2.05) is 0 Å². The first-order chi connectivity index (χ1) is 7.02. The molecule has 88 valence electrons. The molecule has 2 amide bonds. The van der Waals surface area contributed by atoms with Crippen LogP contribution in [0, 0.1) is 0 Å². The molecule has 4 nitrogen and oxygen atoms in total. The van der Waals surface area contributed by atoms with Crippen molar-refractivity contribution in [1.29, 1.82) is 0 Å². The Morgan fingerprint density at radius 2 is 1.93 bits per heavy atom. The molecule has 0 saturated carbocycles. The molecule has 15 heavy (non-hydrogen) atoms. The molecule has 0 aromatic carbocycles. The number of hydrogen-bond donors (Lipinski definition) is 3. The lowest BCUT2D eigenvalue weighted by Crippen LogP contribution is -2.47. The predicted octanol–water partition coefficient (Wildman–Crippen LogP) is 0.199. The van der Waals surface area contributed by atoms with E-state index in [1.54, 1.807) is 14.1 Å². The van der Waals surface area contributed by atoms with E-state index in [0.29, 0.717) is 24.3 Å². The fourth-order valence-electron chi connectivity index (χ4n) is 1.00. The van der Waals surface area contributed by atoms with Crippen LogP contribution in [0.25, 0.3) is 0 Å². The molecule has 0 heterocycles. The Morgan fingerprint density at radius 1 is 1.33 bits per heavy atom. The molecule has 0 fully saturated rings. The zero-order valence-corrected chi connectivity index (χ0v) is 10.9. The normalized spacial score (nSPS) is 12.0. The summed E-state index contributed by atoms with van der Waals surface area (Å²) < 4.78 is 0. The zero-order valence-electron chi connectivity index (χ0n) is 9.06. The van der Waals surface area contributed by atoms with Gasteiger partial charge in [-0.2, -0.15) is 25.3 Å². The van der Waals surface area contributed by atoms with E-state index in [-0.39, 0.29) is 11.8 Å². The zero-order chi connectivity index (χ0) is 11.8. The van der Waals surface area contributed by atoms with E-state index in [4.69, 9.17) is 0 Å². The van der Waals surface area contributed by atoms with Gasteiger partial charge in [0, 0.05) is 26.3 Å². The van der Waals surface area contributed by atoms with Crippen molar-refractivity contribution in [2.45, 2.75) is 18.9 Å². The van der Waals surface area contributed by atoms with Crippen molar-refractivity contribution in [3.05, 3.63) is 0 Å². The third kappa shape index (κ3) is 5.94. The van der Waals surface area contributed by atoms with Crippen LogP contribution in [0.4, 0.5) is 0 Å². The van der Waals surface area contributed by atoms with Gasteiger partial charge in [-0.05, 0) is 12.2 Å². The maximum atomic E-state index is 11.5. The lowest BCUT2D eigenvalue weighted by atomic mass is 10.2. The van der Waals surface area contributed by atoms with Gasteiger partial charge in [-0.1, -0.05) is 0 Å². The van der Waals surface area contributed by atoms with Crippen molar-refractivity contribution < 1.29 is 9.59 Å². The molecule has 0 spiro atoms. The highest BCUT2D eigenvalue weighted by Gasteiger charge is 2.20. The number of hydrogen-bond acceptors (Lipinski definition) is 4. The smallest absolute Gasteiger partial charge is 0.245 e. The lowest BCUT2D eigenvalue weighted by molar-refractivity contribution is -0.133. The van der Waals surface area contributed by atoms with Gasteiger partial charge in [0.2, 0.25) is 11.8 Å². The number of amides is 2. The van der Waals surface area contributed by atoms with Gasteiger partial charge in [0.05, 0.1) is 0 Å². The van der Waals surface area contributed by atoms with Crippen LogP contribution < -0.4 is 5.32 Å². The molecule has 0 aliphatic rings. The van der Waals surface area contributed by atoms with E-state index >= 15 is 0 Å². The summed E-state index contributed by atoms with van der Waals surface area (Å²) in [6.45, 7) is 0. The third-order valence-corrected chi connectivity index (χ3v) is 2.50. The molecule has 1 unspecified atom stereocenters. The van der Waals surface area contributed by atoms with Gasteiger partial charge in [0.15, 0.2) is 0 Å². The van der Waals surface area contributed by atoms with Crippen LogP contribution in [0.5, 0.6) is 0 Å². The second kappa shape index (κ2) is 7.87. The second-order valence-corrected chi connectivity index (χ2v) is 4.17. The maximum Gasteiger partial charge on any atom is 0.245 e. The molecule has 0 bridgehead atoms. The van der Waals surface area contributed by atoms with Crippen LogP contribution in [0.15, 0.2) is 0 Å². The third-order valence-electron chi connectivity index (χ3n) is 1.82. The molecule has 0 saturated heterocycles. The Kier molecular flexibility index (Phi) is 7.68. The molecule has 0 radical (unpaired) electrons. The molecular formula is C9H18N2O2S2. The largest absolute Gasteiger partial charge is 0.347 e. The van der Waals surface area contributed by atoms with Crippen LogP contribution in [0.3, 0.4) is 0 Å². The first kappa shape index (κ1) is 14.6. The van der Waals surface area contributed by atoms with Crippen molar-refractivity contribution in [3.63, 3.8) is 0 Å². The van der Waals surface area contributed by atoms with E-state index < -0.39 is 6.04 Å². The topological polar surface area (TPSA) is 49.4 Å². The number of nitrogens with zero attached hydrogens (tertiary/aromatic N) is 1. The monoisotopic (exact) mass is 250 g/mol. The molecule has 0 aromatic heterocycles. The first-order valence-corrected chi connectivity index (χ1v) is 6.01. The number of carbonyl (C=O) groups excluding carboxylic acids is 2. The summed E-state index contributed by atoms with van der Waals surface area (Å²) in [5.41, 5.74) is 0. The molecule has 0 aliphatic heterocycles. The maximum absolute atomic E-state index is 11.5. The summed E-state index contributed by atoms with van der Waals surface area (Å²) in [6.07, 6.45) is 1.11. The van der Waals surface area contributed by atoms with Crippen molar-refractivity contribution in [2.24, 2.45) is 0 Å². The van der Waals surface area contributed by atoms with Crippen LogP contribution in [0.1, 0.15) is 12.8 Å². The van der Waals surface area contributed by atoms with E-state index in [9.17, 15) is 9.59 Å². The van der Waals surface area contributed by atoms with Gasteiger partial charge >= 0.3 is 0 Å². The van der Waals surface area contributed by atoms with Gasteiger partial charge in [-0.15, -0.1) is 0 Å². The van der Waals surface area contributed by atoms with E-state index in [0.717, 1.165) is 0 Å². The minimum Gasteiger partial charge on any atom is -0.347 e. The van der Waals surface area contributed by atoms with Gasteiger partial charge < -0.3 is 10.2 Å². The summed E-state index contributed by atoms with van der Waals surface area (Å²) in [4.78, 5) is 24.3. The Labute approximate surface area is 102 Å². The number of nitrogens with one attached hydrogen (secondary N) is 1. The molecule has 6 heteroatoms. The van der Waals surface area contributed by atoms with Crippen molar-refractivity contribution in [2.75, 3.05) is 25.6 Å². The molecule has 0 aromatic rings. The highest BCUT2D eigenvalue weighted by Crippen LogP contribution is 1.97. The average molecular weight is 250 g/mol. The number of thiol groups is 2. The molecule has 0 aliphatic carbocycles. The molecule has 1 atom stereocenters. The first-order valence-electron chi connectivity index (χ1n) is 4.75. The average Bonchev–Trinajstić information content (AvgIpc) is 2.21. The predicted molar refractivity (Wildman–Crippen MR) is 67.6 cm³/mol. The Hall–Kier alpha value is -0.360.